The van der Waals surface area contributed by atoms with Crippen LogP contribution in [0.15, 0.2) is 78.0 Å². The summed E-state index contributed by atoms with van der Waals surface area (Å²) in [5.74, 6) is -0.0111. The van der Waals surface area contributed by atoms with E-state index in [4.69, 9.17) is 10.7 Å². The predicted octanol–water partition coefficient (Wildman–Crippen LogP) is 4.67. The van der Waals surface area contributed by atoms with Crippen molar-refractivity contribution in [2.45, 2.75) is 38.5 Å². The third-order valence-electron chi connectivity index (χ3n) is 6.66. The first-order chi connectivity index (χ1) is 20.1. The van der Waals surface area contributed by atoms with Crippen LogP contribution in [0.5, 0.6) is 0 Å². The first-order valence-electron chi connectivity index (χ1n) is 13.2. The van der Waals surface area contributed by atoms with Crippen molar-refractivity contribution in [1.29, 1.82) is 0 Å². The third kappa shape index (κ3) is 5.63. The Morgan fingerprint density at radius 2 is 1.79 bits per heavy atom. The van der Waals surface area contributed by atoms with Gasteiger partial charge in [0.05, 0.1) is 34.4 Å². The smallest absolute Gasteiger partial charge is 0.269 e. The van der Waals surface area contributed by atoms with Crippen LogP contribution in [0.3, 0.4) is 0 Å². The van der Waals surface area contributed by atoms with Crippen molar-refractivity contribution in [2.24, 2.45) is 0 Å². The van der Waals surface area contributed by atoms with E-state index in [2.05, 4.69) is 25.0 Å². The Morgan fingerprint density at radius 3 is 2.50 bits per heavy atom. The molecule has 2 aromatic carbocycles. The molecule has 0 aliphatic heterocycles. The molecule has 3 heterocycles. The number of para-hydroxylation sites is 1. The average molecular weight is 589 g/mol. The first-order valence-corrected chi connectivity index (χ1v) is 14.8. The summed E-state index contributed by atoms with van der Waals surface area (Å²) in [4.78, 5) is 31.2. The highest BCUT2D eigenvalue weighted by Gasteiger charge is 2.24. The molecular formula is C29H29FN8O3S. The summed E-state index contributed by atoms with van der Waals surface area (Å²) in [6.07, 6.45) is 4.91. The lowest BCUT2D eigenvalue weighted by Crippen LogP contribution is -2.29. The van der Waals surface area contributed by atoms with E-state index in [9.17, 15) is 17.6 Å². The van der Waals surface area contributed by atoms with Crippen molar-refractivity contribution in [3.8, 4) is 16.8 Å². The van der Waals surface area contributed by atoms with Gasteiger partial charge < -0.3 is 11.1 Å². The summed E-state index contributed by atoms with van der Waals surface area (Å²) in [5.41, 5.74) is 7.44. The summed E-state index contributed by atoms with van der Waals surface area (Å²) in [6.45, 7) is 5.05. The Balaban J connectivity index is 1.63. The molecule has 1 atom stereocenters. The third-order valence-corrected chi connectivity index (χ3v) is 8.42. The van der Waals surface area contributed by atoms with Gasteiger partial charge in [-0.05, 0) is 50.6 Å². The number of nitrogens with one attached hydrogen (secondary N) is 2. The van der Waals surface area contributed by atoms with Gasteiger partial charge in [0.25, 0.3) is 5.56 Å². The minimum absolute atomic E-state index is 0.00489. The average Bonchev–Trinajstić information content (AvgIpc) is 2.96. The molecule has 0 saturated carbocycles. The lowest BCUT2D eigenvalue weighted by atomic mass is 10.1. The SMILES string of the molecule is CCC(Nc1nc(N)ncc1-c1cncc(NS(=O)(=O)C(C)C)c1)c1nc2cccc(F)c2c(=O)n1-c1ccccc1. The zero-order chi connectivity index (χ0) is 30.0. The number of anilines is 3. The number of rotatable bonds is 9. The number of halogens is 1. The highest BCUT2D eigenvalue weighted by atomic mass is 32.2. The molecule has 4 N–H and O–H groups in total. The second kappa shape index (κ2) is 11.5. The first kappa shape index (κ1) is 28.6. The van der Waals surface area contributed by atoms with Gasteiger partial charge in [-0.25, -0.2) is 22.8 Å². The van der Waals surface area contributed by atoms with Crippen molar-refractivity contribution >= 4 is 38.4 Å². The number of fused-ring (bicyclic) bond motifs is 1. The van der Waals surface area contributed by atoms with E-state index in [1.165, 1.54) is 29.1 Å². The monoisotopic (exact) mass is 588 g/mol. The maximum atomic E-state index is 14.8. The van der Waals surface area contributed by atoms with Crippen LogP contribution in [0.2, 0.25) is 0 Å². The maximum Gasteiger partial charge on any atom is 0.269 e. The van der Waals surface area contributed by atoms with Gasteiger partial charge in [0.1, 0.15) is 22.8 Å². The topological polar surface area (TPSA) is 158 Å². The molecule has 0 spiro atoms. The fraction of sp³-hybridized carbons (Fsp3) is 0.207. The lowest BCUT2D eigenvalue weighted by molar-refractivity contribution is 0.592. The van der Waals surface area contributed by atoms with E-state index >= 15 is 0 Å². The molecule has 216 valence electrons. The molecule has 13 heteroatoms. The molecule has 42 heavy (non-hydrogen) atoms. The van der Waals surface area contributed by atoms with Gasteiger partial charge in [-0.3, -0.25) is 19.1 Å². The van der Waals surface area contributed by atoms with Crippen molar-refractivity contribution < 1.29 is 12.8 Å². The van der Waals surface area contributed by atoms with Gasteiger partial charge >= 0.3 is 0 Å². The Labute approximate surface area is 241 Å². The van der Waals surface area contributed by atoms with Gasteiger partial charge in [0.15, 0.2) is 0 Å². The second-order valence-electron chi connectivity index (χ2n) is 9.83. The van der Waals surface area contributed by atoms with Crippen molar-refractivity contribution in [3.63, 3.8) is 0 Å². The summed E-state index contributed by atoms with van der Waals surface area (Å²) < 4.78 is 43.6. The van der Waals surface area contributed by atoms with E-state index < -0.39 is 32.7 Å². The van der Waals surface area contributed by atoms with Gasteiger partial charge in [-0.1, -0.05) is 31.2 Å². The molecule has 0 amide bonds. The van der Waals surface area contributed by atoms with E-state index in [1.54, 1.807) is 56.4 Å². The Morgan fingerprint density at radius 1 is 1.02 bits per heavy atom. The molecule has 5 rings (SSSR count). The van der Waals surface area contributed by atoms with Crippen LogP contribution in [-0.2, 0) is 10.0 Å². The fourth-order valence-electron chi connectivity index (χ4n) is 4.42. The molecule has 0 aliphatic carbocycles. The van der Waals surface area contributed by atoms with Gasteiger partial charge in [0, 0.05) is 23.5 Å². The Bertz CT molecular complexity index is 1930. The zero-order valence-corrected chi connectivity index (χ0v) is 23.9. The summed E-state index contributed by atoms with van der Waals surface area (Å²) in [5, 5.41) is 2.58. The molecule has 3 aromatic heterocycles. The molecule has 0 bridgehead atoms. The molecule has 0 fully saturated rings. The number of nitrogen functional groups attached to an aromatic ring is 1. The van der Waals surface area contributed by atoms with Gasteiger partial charge in [-0.15, -0.1) is 0 Å². The number of nitrogens with zero attached hydrogens (tertiary/aromatic N) is 5. The highest BCUT2D eigenvalue weighted by Crippen LogP contribution is 2.32. The van der Waals surface area contributed by atoms with Crippen molar-refractivity contribution in [2.75, 3.05) is 15.8 Å². The van der Waals surface area contributed by atoms with Crippen LogP contribution in [0, 0.1) is 5.82 Å². The number of sulfonamides is 1. The summed E-state index contributed by atoms with van der Waals surface area (Å²) in [7, 11) is -3.61. The number of nitrogens with two attached hydrogens (primary N) is 1. The summed E-state index contributed by atoms with van der Waals surface area (Å²) >= 11 is 0. The molecule has 1 unspecified atom stereocenters. The Kier molecular flexibility index (Phi) is 7.85. The number of hydrogen-bond donors (Lipinski definition) is 3. The van der Waals surface area contributed by atoms with Gasteiger partial charge in [0.2, 0.25) is 16.0 Å². The lowest BCUT2D eigenvalue weighted by Gasteiger charge is -2.23. The fourth-order valence-corrected chi connectivity index (χ4v) is 5.10. The second-order valence-corrected chi connectivity index (χ2v) is 12.1. The number of pyridine rings is 1. The molecule has 11 nitrogen and oxygen atoms in total. The van der Waals surface area contributed by atoms with Crippen molar-refractivity contribution in [1.82, 2.24) is 24.5 Å². The number of hydrogen-bond acceptors (Lipinski definition) is 9. The van der Waals surface area contributed by atoms with Gasteiger partial charge in [-0.2, -0.15) is 4.98 Å². The van der Waals surface area contributed by atoms with Crippen LogP contribution in [0.1, 0.15) is 39.1 Å². The molecule has 5 aromatic rings. The minimum Gasteiger partial charge on any atom is -0.368 e. The molecule has 0 saturated heterocycles. The van der Waals surface area contributed by atoms with Crippen LogP contribution < -0.4 is 21.3 Å². The highest BCUT2D eigenvalue weighted by molar-refractivity contribution is 7.93. The van der Waals surface area contributed by atoms with E-state index in [-0.39, 0.29) is 22.5 Å². The quantitative estimate of drug-likeness (QED) is 0.222. The molecule has 0 aliphatic rings. The summed E-state index contributed by atoms with van der Waals surface area (Å²) in [6, 6.07) is 14.2. The predicted molar refractivity (Wildman–Crippen MR) is 161 cm³/mol. The van der Waals surface area contributed by atoms with E-state index in [1.807, 2.05) is 13.0 Å². The number of aromatic nitrogens is 5. The minimum atomic E-state index is -3.61. The molecule has 0 radical (unpaired) electrons. The number of benzene rings is 2. The normalized spacial score (nSPS) is 12.4. The van der Waals surface area contributed by atoms with E-state index in [0.29, 0.717) is 34.9 Å². The molecular weight excluding hydrogens is 559 g/mol. The van der Waals surface area contributed by atoms with Crippen molar-refractivity contribution in [3.05, 3.63) is 95.2 Å². The standard InChI is InChI=1S/C29H29FN8O3S/c1-4-23(27-35-24-12-8-11-22(30)25(24)28(39)38(27)20-9-6-5-7-10-20)34-26-21(16-33-29(31)36-26)18-13-19(15-32-14-18)37-42(40,41)17(2)3/h5-17,23,37H,4H2,1-3H3,(H3,31,33,34,36). The van der Waals surface area contributed by atoms with Crippen LogP contribution in [0.25, 0.3) is 27.7 Å². The largest absolute Gasteiger partial charge is 0.368 e. The van der Waals surface area contributed by atoms with Crippen LogP contribution in [0.4, 0.5) is 21.8 Å². The zero-order valence-electron chi connectivity index (χ0n) is 23.1. The maximum absolute atomic E-state index is 14.8. The van der Waals surface area contributed by atoms with E-state index in [0.717, 1.165) is 0 Å². The van der Waals surface area contributed by atoms with Crippen LogP contribution in [-0.4, -0.2) is 38.2 Å². The Hall–Kier alpha value is -4.91. The van der Waals surface area contributed by atoms with Crippen LogP contribution >= 0.6 is 0 Å².